The standard InChI is InChI=1S/C23H32N4O3/c1-5-7-8-9-10-21(28)25-15-18-11-13-19(14-12-18)16(3)26-20(6-2)23(30)27-17(4)22(24)29/h6,11-14H,4-5,7-10,15H2,1-3H3,(H2,24,29)(H,25,28)(H,27,30)/b20-6-,26-16?. The number of rotatable bonds is 12. The molecule has 0 unspecified atom stereocenters. The van der Waals surface area contributed by atoms with Crippen molar-refractivity contribution in [2.75, 3.05) is 0 Å². The molecular weight excluding hydrogens is 380 g/mol. The number of benzene rings is 1. The van der Waals surface area contributed by atoms with Crippen molar-refractivity contribution in [1.29, 1.82) is 0 Å². The van der Waals surface area contributed by atoms with Gasteiger partial charge in [0.2, 0.25) is 5.91 Å². The van der Waals surface area contributed by atoms with Gasteiger partial charge in [-0.2, -0.15) is 0 Å². The van der Waals surface area contributed by atoms with Gasteiger partial charge in [0.05, 0.1) is 5.70 Å². The lowest BCUT2D eigenvalue weighted by Crippen LogP contribution is -2.31. The Kier molecular flexibility index (Phi) is 10.8. The first-order chi connectivity index (χ1) is 14.3. The van der Waals surface area contributed by atoms with Gasteiger partial charge in [-0.15, -0.1) is 0 Å². The topological polar surface area (TPSA) is 114 Å². The average molecular weight is 413 g/mol. The summed E-state index contributed by atoms with van der Waals surface area (Å²) < 4.78 is 0. The molecule has 1 aromatic rings. The molecule has 7 heteroatoms. The van der Waals surface area contributed by atoms with Crippen LogP contribution in [0.3, 0.4) is 0 Å². The van der Waals surface area contributed by atoms with Crippen LogP contribution in [0.4, 0.5) is 0 Å². The van der Waals surface area contributed by atoms with Gasteiger partial charge >= 0.3 is 0 Å². The maximum Gasteiger partial charge on any atom is 0.274 e. The Morgan fingerprint density at radius 1 is 1.13 bits per heavy atom. The molecule has 0 heterocycles. The number of carbonyl (C=O) groups excluding carboxylic acids is 3. The van der Waals surface area contributed by atoms with Crippen LogP contribution in [0, 0.1) is 0 Å². The summed E-state index contributed by atoms with van der Waals surface area (Å²) in [5.41, 5.74) is 7.49. The summed E-state index contributed by atoms with van der Waals surface area (Å²) >= 11 is 0. The Bertz CT molecular complexity index is 823. The van der Waals surface area contributed by atoms with Gasteiger partial charge in [0.15, 0.2) is 0 Å². The molecule has 4 N–H and O–H groups in total. The summed E-state index contributed by atoms with van der Waals surface area (Å²) in [7, 11) is 0. The fourth-order valence-corrected chi connectivity index (χ4v) is 2.62. The molecule has 0 saturated carbocycles. The molecule has 0 radical (unpaired) electrons. The number of nitrogens with two attached hydrogens (primary N) is 1. The van der Waals surface area contributed by atoms with Crippen molar-refractivity contribution >= 4 is 23.4 Å². The molecule has 0 fully saturated rings. The number of hydrogen-bond donors (Lipinski definition) is 3. The van der Waals surface area contributed by atoms with Crippen LogP contribution in [0.1, 0.15) is 64.0 Å². The molecule has 162 valence electrons. The number of amides is 3. The van der Waals surface area contributed by atoms with Crippen molar-refractivity contribution in [1.82, 2.24) is 10.6 Å². The van der Waals surface area contributed by atoms with Gasteiger partial charge in [-0.3, -0.25) is 14.4 Å². The van der Waals surface area contributed by atoms with Crippen molar-refractivity contribution < 1.29 is 14.4 Å². The van der Waals surface area contributed by atoms with Gasteiger partial charge in [0.25, 0.3) is 11.8 Å². The second-order valence-electron chi connectivity index (χ2n) is 6.95. The van der Waals surface area contributed by atoms with Crippen LogP contribution in [-0.4, -0.2) is 23.4 Å². The monoisotopic (exact) mass is 412 g/mol. The highest BCUT2D eigenvalue weighted by atomic mass is 16.2. The minimum absolute atomic E-state index is 0.0641. The lowest BCUT2D eigenvalue weighted by Gasteiger charge is -2.08. The molecule has 7 nitrogen and oxygen atoms in total. The van der Waals surface area contributed by atoms with E-state index >= 15 is 0 Å². The maximum atomic E-state index is 12.2. The first-order valence-corrected chi connectivity index (χ1v) is 10.2. The van der Waals surface area contributed by atoms with Crippen LogP contribution in [0.25, 0.3) is 0 Å². The molecule has 0 spiro atoms. The molecule has 0 aliphatic carbocycles. The highest BCUT2D eigenvalue weighted by Gasteiger charge is 2.12. The van der Waals surface area contributed by atoms with E-state index in [2.05, 4.69) is 29.1 Å². The van der Waals surface area contributed by atoms with Crippen LogP contribution in [0.15, 0.2) is 53.3 Å². The summed E-state index contributed by atoms with van der Waals surface area (Å²) in [6.07, 6.45) is 6.41. The molecule has 3 amide bonds. The number of allylic oxidation sites excluding steroid dienone is 1. The number of unbranched alkanes of at least 4 members (excludes halogenated alkanes) is 3. The average Bonchev–Trinajstić information content (AvgIpc) is 2.73. The third-order valence-electron chi connectivity index (χ3n) is 4.47. The second-order valence-corrected chi connectivity index (χ2v) is 6.95. The van der Waals surface area contributed by atoms with E-state index in [-0.39, 0.29) is 17.3 Å². The summed E-state index contributed by atoms with van der Waals surface area (Å²) in [5.74, 6) is -1.30. The zero-order chi connectivity index (χ0) is 22.5. The molecule has 1 rings (SSSR count). The zero-order valence-electron chi connectivity index (χ0n) is 18.1. The maximum absolute atomic E-state index is 12.2. The van der Waals surface area contributed by atoms with Gasteiger partial charge in [-0.25, -0.2) is 4.99 Å². The van der Waals surface area contributed by atoms with E-state index in [9.17, 15) is 14.4 Å². The van der Waals surface area contributed by atoms with Crippen LogP contribution < -0.4 is 16.4 Å². The fourth-order valence-electron chi connectivity index (χ4n) is 2.62. The van der Waals surface area contributed by atoms with Crippen molar-refractivity contribution in [2.45, 2.75) is 59.4 Å². The molecule has 0 aromatic heterocycles. The lowest BCUT2D eigenvalue weighted by atomic mass is 10.1. The molecule has 30 heavy (non-hydrogen) atoms. The van der Waals surface area contributed by atoms with Crippen molar-refractivity contribution in [3.05, 3.63) is 59.4 Å². The first-order valence-electron chi connectivity index (χ1n) is 10.2. The van der Waals surface area contributed by atoms with Crippen LogP contribution in [0.5, 0.6) is 0 Å². The summed E-state index contributed by atoms with van der Waals surface area (Å²) in [5, 5.41) is 5.25. The van der Waals surface area contributed by atoms with E-state index in [1.54, 1.807) is 13.8 Å². The first kappa shape index (κ1) is 24.8. The SMILES string of the molecule is C=C(NC(=O)/C(=C/C)N=C(C)c1ccc(CNC(=O)CCCCCC)cc1)C(N)=O. The van der Waals surface area contributed by atoms with E-state index in [0.717, 1.165) is 36.8 Å². The number of nitrogens with zero attached hydrogens (tertiary/aromatic N) is 1. The molecule has 0 atom stereocenters. The second kappa shape index (κ2) is 13.1. The quantitative estimate of drug-likeness (QED) is 0.278. The van der Waals surface area contributed by atoms with Gasteiger partial charge < -0.3 is 16.4 Å². The van der Waals surface area contributed by atoms with Crippen LogP contribution in [-0.2, 0) is 20.9 Å². The van der Waals surface area contributed by atoms with E-state index in [1.165, 1.54) is 6.08 Å². The molecule has 0 saturated heterocycles. The predicted octanol–water partition coefficient (Wildman–Crippen LogP) is 3.10. The van der Waals surface area contributed by atoms with Crippen LogP contribution >= 0.6 is 0 Å². The predicted molar refractivity (Wildman–Crippen MR) is 119 cm³/mol. The third-order valence-corrected chi connectivity index (χ3v) is 4.47. The largest absolute Gasteiger partial charge is 0.364 e. The Labute approximate surface area is 178 Å². The molecule has 0 aliphatic heterocycles. The summed E-state index contributed by atoms with van der Waals surface area (Å²) in [6, 6.07) is 7.59. The van der Waals surface area contributed by atoms with Crippen molar-refractivity contribution in [2.24, 2.45) is 10.7 Å². The Morgan fingerprint density at radius 3 is 2.37 bits per heavy atom. The van der Waals surface area contributed by atoms with Gasteiger partial charge in [0, 0.05) is 18.7 Å². The zero-order valence-corrected chi connectivity index (χ0v) is 18.1. The third kappa shape index (κ3) is 8.86. The van der Waals surface area contributed by atoms with Gasteiger partial charge in [0.1, 0.15) is 5.70 Å². The highest BCUT2D eigenvalue weighted by molar-refractivity contribution is 6.05. The smallest absolute Gasteiger partial charge is 0.274 e. The Morgan fingerprint density at radius 2 is 1.80 bits per heavy atom. The number of hydrogen-bond acceptors (Lipinski definition) is 4. The normalized spacial score (nSPS) is 11.7. The summed E-state index contributed by atoms with van der Waals surface area (Å²) in [6.45, 7) is 9.48. The van der Waals surface area contributed by atoms with E-state index in [1.807, 2.05) is 24.3 Å². The van der Waals surface area contributed by atoms with Crippen molar-refractivity contribution in [3.63, 3.8) is 0 Å². The Hall–Kier alpha value is -3.22. The number of aliphatic imine (C=N–C) groups is 1. The molecule has 0 aliphatic rings. The minimum atomic E-state index is -0.803. The lowest BCUT2D eigenvalue weighted by molar-refractivity contribution is -0.121. The van der Waals surface area contributed by atoms with E-state index < -0.39 is 11.8 Å². The number of carbonyl (C=O) groups is 3. The molecule has 0 bridgehead atoms. The molecular formula is C23H32N4O3. The summed E-state index contributed by atoms with van der Waals surface area (Å²) in [4.78, 5) is 39.4. The number of primary amides is 1. The van der Waals surface area contributed by atoms with Gasteiger partial charge in [-0.1, -0.05) is 63.1 Å². The van der Waals surface area contributed by atoms with E-state index in [0.29, 0.717) is 18.7 Å². The van der Waals surface area contributed by atoms with Gasteiger partial charge in [-0.05, 0) is 31.4 Å². The minimum Gasteiger partial charge on any atom is -0.364 e. The fraction of sp³-hybridized carbons (Fsp3) is 0.391. The molecule has 1 aromatic carbocycles. The van der Waals surface area contributed by atoms with Crippen LogP contribution in [0.2, 0.25) is 0 Å². The number of nitrogens with one attached hydrogen (secondary N) is 2. The van der Waals surface area contributed by atoms with Crippen molar-refractivity contribution in [3.8, 4) is 0 Å². The Balaban J connectivity index is 2.66. The van der Waals surface area contributed by atoms with E-state index in [4.69, 9.17) is 5.73 Å². The highest BCUT2D eigenvalue weighted by Crippen LogP contribution is 2.09.